The van der Waals surface area contributed by atoms with E-state index < -0.39 is 0 Å². The Labute approximate surface area is 83.5 Å². The van der Waals surface area contributed by atoms with Gasteiger partial charge in [-0.15, -0.1) is 11.7 Å². The summed E-state index contributed by atoms with van der Waals surface area (Å²) in [5.74, 6) is 0.622. The third-order valence-corrected chi connectivity index (χ3v) is 2.71. The summed E-state index contributed by atoms with van der Waals surface area (Å²) in [4.78, 5) is 12.1. The van der Waals surface area contributed by atoms with Crippen molar-refractivity contribution in [2.45, 2.75) is 5.16 Å². The summed E-state index contributed by atoms with van der Waals surface area (Å²) in [5, 5.41) is 0.676. The van der Waals surface area contributed by atoms with Gasteiger partial charge in [0.1, 0.15) is 12.0 Å². The first-order chi connectivity index (χ1) is 5.81. The maximum absolute atomic E-state index is 4.15. The quantitative estimate of drug-likeness (QED) is 0.430. The average Bonchev–Trinajstić information content (AvgIpc) is 2.49. The van der Waals surface area contributed by atoms with Crippen molar-refractivity contribution in [2.75, 3.05) is 0 Å². The summed E-state index contributed by atoms with van der Waals surface area (Å²) >= 11 is 8.17. The van der Waals surface area contributed by atoms with Crippen molar-refractivity contribution >= 4 is 35.3 Å². The lowest BCUT2D eigenvalue weighted by molar-refractivity contribution is 0.917. The van der Waals surface area contributed by atoms with Gasteiger partial charge in [-0.25, -0.2) is 15.0 Å². The zero-order chi connectivity index (χ0) is 8.55. The van der Waals surface area contributed by atoms with Crippen LogP contribution in [0.2, 0.25) is 0 Å². The van der Waals surface area contributed by atoms with E-state index in [2.05, 4.69) is 39.4 Å². The number of nitrogens with zero attached hydrogens (tertiary/aromatic N) is 4. The van der Waals surface area contributed by atoms with Crippen molar-refractivity contribution in [2.24, 2.45) is 0 Å². The molecule has 0 amide bonds. The maximum atomic E-state index is 4.15. The van der Waals surface area contributed by atoms with Crippen LogP contribution in [-0.2, 0) is 0 Å². The fourth-order valence-electron chi connectivity index (χ4n) is 0.822. The van der Waals surface area contributed by atoms with Gasteiger partial charge in [0.15, 0.2) is 11.0 Å². The first kappa shape index (κ1) is 8.21. The van der Waals surface area contributed by atoms with Gasteiger partial charge in [0.2, 0.25) is 0 Å². The molecule has 0 aromatic carbocycles. The number of aromatic nitrogens is 4. The molecule has 4 nitrogen and oxygen atoms in total. The lowest BCUT2D eigenvalue weighted by Gasteiger charge is -2.03. The number of fused-ring (bicyclic) bond motifs is 1. The van der Waals surface area contributed by atoms with E-state index in [0.717, 1.165) is 5.69 Å². The van der Waals surface area contributed by atoms with Gasteiger partial charge in [0.25, 0.3) is 0 Å². The molecule has 12 heavy (non-hydrogen) atoms. The number of hydrogen-bond acceptors (Lipinski definition) is 6. The summed E-state index contributed by atoms with van der Waals surface area (Å²) in [6, 6.07) is 0. The zero-order valence-electron chi connectivity index (χ0n) is 5.75. The Balaban J connectivity index is 2.67. The molecule has 0 aliphatic carbocycles. The summed E-state index contributed by atoms with van der Waals surface area (Å²) in [5.41, 5.74) is 0.733. The number of rotatable bonds is 1. The van der Waals surface area contributed by atoms with Gasteiger partial charge >= 0.3 is 0 Å². The van der Waals surface area contributed by atoms with Crippen LogP contribution in [0.4, 0.5) is 0 Å². The minimum absolute atomic E-state index is 0.622. The Hall–Kier alpha value is -0.400. The molecule has 0 saturated heterocycles. The Morgan fingerprint density at radius 2 is 2.25 bits per heavy atom. The highest BCUT2D eigenvalue weighted by molar-refractivity contribution is 8.68. The van der Waals surface area contributed by atoms with Crippen LogP contribution >= 0.6 is 35.3 Å². The van der Waals surface area contributed by atoms with E-state index in [4.69, 9.17) is 0 Å². The highest BCUT2D eigenvalue weighted by Crippen LogP contribution is 2.24. The molecule has 0 N–H and O–H groups in total. The largest absolute Gasteiger partial charge is 0.270 e. The predicted octanol–water partition coefficient (Wildman–Crippen LogP) is 1.41. The van der Waals surface area contributed by atoms with Crippen LogP contribution in [0.5, 0.6) is 0 Å². The molecule has 7 heteroatoms. The van der Waals surface area contributed by atoms with Crippen molar-refractivity contribution in [1.29, 1.82) is 0 Å². The Morgan fingerprint density at radius 1 is 1.42 bits per heavy atom. The van der Waals surface area contributed by atoms with Crippen molar-refractivity contribution in [3.05, 3.63) is 12.5 Å². The molecular formula is C5H4N4S3. The average molecular weight is 216 g/mol. The maximum Gasteiger partial charge on any atom is 0.190 e. The highest BCUT2D eigenvalue weighted by Gasteiger charge is 2.10. The van der Waals surface area contributed by atoms with Gasteiger partial charge < -0.3 is 0 Å². The fraction of sp³-hybridized carbons (Fsp3) is 0. The molecule has 0 aromatic heterocycles. The van der Waals surface area contributed by atoms with Crippen LogP contribution in [0.25, 0.3) is 11.5 Å². The van der Waals surface area contributed by atoms with E-state index in [-0.39, 0.29) is 0 Å². The molecule has 0 saturated carbocycles. The monoisotopic (exact) mass is 216 g/mol. The molecular weight excluding hydrogens is 212 g/mol. The van der Waals surface area contributed by atoms with Crippen LogP contribution < -0.4 is 0 Å². The first-order valence-electron chi connectivity index (χ1n) is 3.02. The van der Waals surface area contributed by atoms with Crippen molar-refractivity contribution in [1.82, 2.24) is 18.9 Å². The van der Waals surface area contributed by atoms with Gasteiger partial charge in [-0.3, -0.25) is 3.97 Å². The Morgan fingerprint density at radius 3 is 3.00 bits per heavy atom. The van der Waals surface area contributed by atoms with Crippen LogP contribution in [0.15, 0.2) is 17.7 Å². The smallest absolute Gasteiger partial charge is 0.190 e. The van der Waals surface area contributed by atoms with E-state index in [1.165, 1.54) is 17.1 Å². The molecule has 2 aliphatic rings. The van der Waals surface area contributed by atoms with E-state index in [0.29, 0.717) is 11.0 Å². The van der Waals surface area contributed by atoms with Gasteiger partial charge in [0, 0.05) is 6.20 Å². The van der Waals surface area contributed by atoms with E-state index in [9.17, 15) is 0 Å². The van der Waals surface area contributed by atoms with Gasteiger partial charge in [-0.1, -0.05) is 12.8 Å². The molecule has 0 radical (unpaired) electrons. The van der Waals surface area contributed by atoms with Crippen LogP contribution in [0, 0.1) is 0 Å². The lowest BCUT2D eigenvalue weighted by Crippen LogP contribution is -1.96. The standard InChI is InChI=1S/C5H4N4S3/c10-9-1-3-4(7-2-6-3)8-5(9)12-11/h1-2,10-11H. The van der Waals surface area contributed by atoms with Crippen molar-refractivity contribution in [3.8, 4) is 11.5 Å². The van der Waals surface area contributed by atoms with E-state index in [1.54, 1.807) is 10.2 Å². The second kappa shape index (κ2) is 3.15. The molecule has 0 atom stereocenters. The Kier molecular flexibility index (Phi) is 2.16. The molecule has 2 heterocycles. The van der Waals surface area contributed by atoms with Crippen LogP contribution in [0.1, 0.15) is 0 Å². The predicted molar refractivity (Wildman–Crippen MR) is 53.7 cm³/mol. The Bertz CT molecular complexity index is 373. The highest BCUT2D eigenvalue weighted by atomic mass is 33.1. The molecule has 0 bridgehead atoms. The number of thiol groups is 2. The lowest BCUT2D eigenvalue weighted by atomic mass is 10.4. The first-order valence-corrected chi connectivity index (χ1v) is 5.29. The minimum Gasteiger partial charge on any atom is -0.270 e. The van der Waals surface area contributed by atoms with Gasteiger partial charge in [-0.05, 0) is 10.8 Å². The van der Waals surface area contributed by atoms with Crippen molar-refractivity contribution < 1.29 is 0 Å². The SMILES string of the molecule is SSc1nc2ncnc-2cn1S. The molecule has 0 fully saturated rings. The van der Waals surface area contributed by atoms with Crippen LogP contribution in [0.3, 0.4) is 0 Å². The molecule has 62 valence electrons. The number of hydrogen-bond donors (Lipinski definition) is 2. The topological polar surface area (TPSA) is 43.6 Å². The van der Waals surface area contributed by atoms with E-state index >= 15 is 0 Å². The normalized spacial score (nSPS) is 10.8. The number of imidazole rings is 1. The second-order valence-corrected chi connectivity index (χ2v) is 3.57. The fourth-order valence-corrected chi connectivity index (χ4v) is 1.94. The summed E-state index contributed by atoms with van der Waals surface area (Å²) in [6.07, 6.45) is 3.22. The molecule has 0 unspecified atom stereocenters. The third-order valence-electron chi connectivity index (χ3n) is 1.33. The molecule has 0 aromatic rings. The van der Waals surface area contributed by atoms with Gasteiger partial charge in [0.05, 0.1) is 0 Å². The molecule has 2 aliphatic heterocycles. The van der Waals surface area contributed by atoms with Crippen molar-refractivity contribution in [3.63, 3.8) is 0 Å². The van der Waals surface area contributed by atoms with E-state index in [1.807, 2.05) is 0 Å². The minimum atomic E-state index is 0.622. The summed E-state index contributed by atoms with van der Waals surface area (Å²) in [7, 11) is 1.22. The second-order valence-electron chi connectivity index (χ2n) is 2.04. The third kappa shape index (κ3) is 1.27. The summed E-state index contributed by atoms with van der Waals surface area (Å²) < 4.78 is 1.56. The molecule has 2 rings (SSSR count). The summed E-state index contributed by atoms with van der Waals surface area (Å²) in [6.45, 7) is 0. The van der Waals surface area contributed by atoms with Crippen LogP contribution in [-0.4, -0.2) is 18.9 Å². The zero-order valence-corrected chi connectivity index (χ0v) is 8.35. The van der Waals surface area contributed by atoms with Gasteiger partial charge in [-0.2, -0.15) is 0 Å². The molecule has 0 spiro atoms.